The van der Waals surface area contributed by atoms with Gasteiger partial charge < -0.3 is 10.2 Å². The number of hydrogen-bond acceptors (Lipinski definition) is 5. The van der Waals surface area contributed by atoms with Crippen LogP contribution >= 0.6 is 22.7 Å². The summed E-state index contributed by atoms with van der Waals surface area (Å²) in [7, 11) is 0. The number of hydrogen-bond donors (Lipinski definition) is 1. The summed E-state index contributed by atoms with van der Waals surface area (Å²) in [5, 5.41) is 6.76. The number of aryl methyl sites for hydroxylation is 1. The van der Waals surface area contributed by atoms with Crippen LogP contribution in [0.4, 0.5) is 5.13 Å². The summed E-state index contributed by atoms with van der Waals surface area (Å²) in [6.07, 6.45) is 0. The zero-order chi connectivity index (χ0) is 15.4. The molecule has 0 aromatic carbocycles. The normalized spacial score (nSPS) is 11.6. The molecule has 5 heteroatoms. The minimum atomic E-state index is 0.448. The molecule has 2 heterocycles. The summed E-state index contributed by atoms with van der Waals surface area (Å²) in [6, 6.07) is 5.26. The van der Waals surface area contributed by atoms with Crippen LogP contribution in [-0.2, 0) is 13.1 Å². The van der Waals surface area contributed by atoms with Crippen molar-refractivity contribution in [1.29, 1.82) is 0 Å². The number of nitrogens with one attached hydrogen (secondary N) is 1. The SMILES string of the molecule is Cc1nc(N(Cc2cccs2)C(C)C)sc1CNC(C)C. The van der Waals surface area contributed by atoms with Crippen molar-refractivity contribution in [2.45, 2.75) is 59.8 Å². The van der Waals surface area contributed by atoms with Crippen LogP contribution in [0.2, 0.25) is 0 Å². The summed E-state index contributed by atoms with van der Waals surface area (Å²) in [4.78, 5) is 9.92. The van der Waals surface area contributed by atoms with Crippen molar-refractivity contribution >= 4 is 27.8 Å². The Morgan fingerprint density at radius 2 is 2.05 bits per heavy atom. The van der Waals surface area contributed by atoms with E-state index in [1.54, 1.807) is 0 Å². The first kappa shape index (κ1) is 16.5. The molecule has 0 fully saturated rings. The number of anilines is 1. The molecular weight excluding hydrogens is 298 g/mol. The van der Waals surface area contributed by atoms with Crippen LogP contribution in [0.25, 0.3) is 0 Å². The summed E-state index contributed by atoms with van der Waals surface area (Å²) in [5.41, 5.74) is 1.15. The molecular formula is C16H25N3S2. The number of rotatable bonds is 7. The van der Waals surface area contributed by atoms with E-state index in [0.29, 0.717) is 12.1 Å². The van der Waals surface area contributed by atoms with Gasteiger partial charge in [-0.15, -0.1) is 22.7 Å². The zero-order valence-electron chi connectivity index (χ0n) is 13.5. The van der Waals surface area contributed by atoms with Gasteiger partial charge in [-0.1, -0.05) is 19.9 Å². The van der Waals surface area contributed by atoms with Crippen molar-refractivity contribution in [3.63, 3.8) is 0 Å². The molecule has 1 N–H and O–H groups in total. The molecule has 0 spiro atoms. The summed E-state index contributed by atoms with van der Waals surface area (Å²) in [5.74, 6) is 0. The van der Waals surface area contributed by atoms with Gasteiger partial charge in [0.25, 0.3) is 0 Å². The molecule has 2 rings (SSSR count). The van der Waals surface area contributed by atoms with Crippen LogP contribution in [-0.4, -0.2) is 17.1 Å². The zero-order valence-corrected chi connectivity index (χ0v) is 15.1. The van der Waals surface area contributed by atoms with Gasteiger partial charge in [-0.25, -0.2) is 4.98 Å². The molecule has 0 atom stereocenters. The Balaban J connectivity index is 2.15. The smallest absolute Gasteiger partial charge is 0.186 e. The minimum Gasteiger partial charge on any atom is -0.341 e. The number of nitrogens with zero attached hydrogens (tertiary/aromatic N) is 2. The summed E-state index contributed by atoms with van der Waals surface area (Å²) in [6.45, 7) is 12.8. The van der Waals surface area contributed by atoms with E-state index in [4.69, 9.17) is 4.98 Å². The maximum absolute atomic E-state index is 4.80. The molecule has 2 aromatic rings. The van der Waals surface area contributed by atoms with Crippen LogP contribution in [0.1, 0.15) is 43.1 Å². The molecule has 0 aliphatic rings. The van der Waals surface area contributed by atoms with Crippen LogP contribution < -0.4 is 10.2 Å². The van der Waals surface area contributed by atoms with Crippen molar-refractivity contribution in [2.75, 3.05) is 4.90 Å². The largest absolute Gasteiger partial charge is 0.341 e. The highest BCUT2D eigenvalue weighted by atomic mass is 32.1. The second-order valence-electron chi connectivity index (χ2n) is 5.84. The third-order valence-electron chi connectivity index (χ3n) is 3.33. The van der Waals surface area contributed by atoms with Crippen LogP contribution in [0, 0.1) is 6.92 Å². The lowest BCUT2D eigenvalue weighted by atomic mass is 10.3. The third kappa shape index (κ3) is 4.53. The molecule has 0 amide bonds. The van der Waals surface area contributed by atoms with E-state index in [1.807, 2.05) is 22.7 Å². The van der Waals surface area contributed by atoms with E-state index < -0.39 is 0 Å². The number of thiophene rings is 1. The number of aromatic nitrogens is 1. The van der Waals surface area contributed by atoms with Crippen molar-refractivity contribution in [1.82, 2.24) is 10.3 Å². The van der Waals surface area contributed by atoms with Crippen molar-refractivity contribution in [2.24, 2.45) is 0 Å². The first-order valence-electron chi connectivity index (χ1n) is 7.46. The van der Waals surface area contributed by atoms with Gasteiger partial charge in [-0.05, 0) is 32.2 Å². The second kappa shape index (κ2) is 7.38. The summed E-state index contributed by atoms with van der Waals surface area (Å²) < 4.78 is 0. The van der Waals surface area contributed by atoms with Crippen molar-refractivity contribution in [3.05, 3.63) is 33.0 Å². The molecule has 21 heavy (non-hydrogen) atoms. The van der Waals surface area contributed by atoms with Gasteiger partial charge in [0, 0.05) is 28.4 Å². The highest BCUT2D eigenvalue weighted by Gasteiger charge is 2.17. The predicted octanol–water partition coefficient (Wildman–Crippen LogP) is 4.43. The van der Waals surface area contributed by atoms with E-state index in [9.17, 15) is 0 Å². The van der Waals surface area contributed by atoms with Gasteiger partial charge in [0.1, 0.15) is 0 Å². The Hall–Kier alpha value is -0.910. The molecule has 2 aromatic heterocycles. The van der Waals surface area contributed by atoms with Crippen LogP contribution in [0.5, 0.6) is 0 Å². The van der Waals surface area contributed by atoms with Gasteiger partial charge in [0.05, 0.1) is 12.2 Å². The van der Waals surface area contributed by atoms with Crippen molar-refractivity contribution < 1.29 is 0 Å². The Morgan fingerprint density at radius 3 is 2.62 bits per heavy atom. The molecule has 0 aliphatic carbocycles. The van der Waals surface area contributed by atoms with E-state index in [2.05, 4.69) is 62.3 Å². The van der Waals surface area contributed by atoms with E-state index >= 15 is 0 Å². The Morgan fingerprint density at radius 1 is 1.29 bits per heavy atom. The lowest BCUT2D eigenvalue weighted by Crippen LogP contribution is -2.29. The fourth-order valence-corrected chi connectivity index (χ4v) is 3.88. The third-order valence-corrected chi connectivity index (χ3v) is 5.38. The van der Waals surface area contributed by atoms with Gasteiger partial charge in [0.15, 0.2) is 5.13 Å². The molecule has 0 bridgehead atoms. The van der Waals surface area contributed by atoms with Crippen molar-refractivity contribution in [3.8, 4) is 0 Å². The van der Waals surface area contributed by atoms with Gasteiger partial charge in [-0.3, -0.25) is 0 Å². The van der Waals surface area contributed by atoms with Gasteiger partial charge in [0.2, 0.25) is 0 Å². The Bertz CT molecular complexity index is 544. The second-order valence-corrected chi connectivity index (χ2v) is 7.94. The Labute approximate surface area is 136 Å². The summed E-state index contributed by atoms with van der Waals surface area (Å²) >= 11 is 3.63. The van der Waals surface area contributed by atoms with Crippen LogP contribution in [0.3, 0.4) is 0 Å². The molecule has 116 valence electrons. The van der Waals surface area contributed by atoms with E-state index in [1.165, 1.54) is 9.75 Å². The molecule has 0 aliphatic heterocycles. The maximum Gasteiger partial charge on any atom is 0.186 e. The maximum atomic E-state index is 4.80. The van der Waals surface area contributed by atoms with Crippen LogP contribution in [0.15, 0.2) is 17.5 Å². The van der Waals surface area contributed by atoms with Gasteiger partial charge >= 0.3 is 0 Å². The van der Waals surface area contributed by atoms with E-state index in [-0.39, 0.29) is 0 Å². The van der Waals surface area contributed by atoms with Gasteiger partial charge in [-0.2, -0.15) is 0 Å². The topological polar surface area (TPSA) is 28.2 Å². The molecule has 0 saturated heterocycles. The fourth-order valence-electron chi connectivity index (χ4n) is 2.04. The average molecular weight is 324 g/mol. The first-order valence-corrected chi connectivity index (χ1v) is 9.15. The predicted molar refractivity (Wildman–Crippen MR) is 94.5 cm³/mol. The average Bonchev–Trinajstić information content (AvgIpc) is 3.02. The highest BCUT2D eigenvalue weighted by molar-refractivity contribution is 7.15. The lowest BCUT2D eigenvalue weighted by molar-refractivity contribution is 0.591. The Kier molecular flexibility index (Phi) is 5.79. The van der Waals surface area contributed by atoms with E-state index in [0.717, 1.165) is 23.9 Å². The number of thiazole rings is 1. The molecule has 0 radical (unpaired) electrons. The quantitative estimate of drug-likeness (QED) is 0.817. The molecule has 0 unspecified atom stereocenters. The standard InChI is InChI=1S/C16H25N3S2/c1-11(2)17-9-15-13(5)18-16(21-15)19(12(3)4)10-14-7-6-8-20-14/h6-8,11-12,17H,9-10H2,1-5H3. The fraction of sp³-hybridized carbons (Fsp3) is 0.562. The molecule has 3 nitrogen and oxygen atoms in total. The molecule has 0 saturated carbocycles. The lowest BCUT2D eigenvalue weighted by Gasteiger charge is -2.25. The monoisotopic (exact) mass is 323 g/mol. The highest BCUT2D eigenvalue weighted by Crippen LogP contribution is 2.29. The first-order chi connectivity index (χ1) is 9.97. The minimum absolute atomic E-state index is 0.448.